The summed E-state index contributed by atoms with van der Waals surface area (Å²) in [6.07, 6.45) is 0.317. The minimum atomic E-state index is -0.738. The van der Waals surface area contributed by atoms with Gasteiger partial charge >= 0.3 is 5.97 Å². The van der Waals surface area contributed by atoms with E-state index in [4.69, 9.17) is 14.5 Å². The Morgan fingerprint density at radius 1 is 1.10 bits per heavy atom. The first-order valence-electron chi connectivity index (χ1n) is 9.02. The molecule has 0 atom stereocenters. The molecule has 0 aliphatic heterocycles. The molecule has 0 spiro atoms. The number of carbonyl (C=O) groups excluding carboxylic acids is 2. The molecule has 0 bridgehead atoms. The number of nitrogens with zero attached hydrogens (tertiary/aromatic N) is 1. The third-order valence-electron chi connectivity index (χ3n) is 4.32. The second-order valence-corrected chi connectivity index (χ2v) is 6.44. The maximum absolute atomic E-state index is 12.6. The van der Waals surface area contributed by atoms with Crippen LogP contribution in [0.5, 0.6) is 17.2 Å². The highest BCUT2D eigenvalue weighted by atomic mass is 17.2. The van der Waals surface area contributed by atoms with Gasteiger partial charge in [-0.05, 0) is 42.3 Å². The highest BCUT2D eigenvalue weighted by Crippen LogP contribution is 2.25. The van der Waals surface area contributed by atoms with Crippen LogP contribution in [0.25, 0.3) is 0 Å². The minimum Gasteiger partial charge on any atom is -0.508 e. The molecule has 0 amide bonds. The van der Waals surface area contributed by atoms with E-state index in [-0.39, 0.29) is 40.7 Å². The fourth-order valence-corrected chi connectivity index (χ4v) is 2.67. The molecule has 0 unspecified atom stereocenters. The molecule has 3 aromatic carbocycles. The van der Waals surface area contributed by atoms with Crippen molar-refractivity contribution in [2.24, 2.45) is 0 Å². The normalized spacial score (nSPS) is 10.4. The fraction of sp³-hybridized carbons (Fsp3) is 0.0909. The van der Waals surface area contributed by atoms with Crippen molar-refractivity contribution in [2.45, 2.75) is 13.5 Å². The number of aldehydes is 1. The maximum atomic E-state index is 12.6. The molecule has 3 aromatic rings. The Hall–Kier alpha value is -4.24. The number of aryl methyl sites for hydroxylation is 1. The Bertz CT molecular complexity index is 1140. The summed E-state index contributed by atoms with van der Waals surface area (Å²) in [4.78, 5) is 44.2. The molecule has 0 fully saturated rings. The van der Waals surface area contributed by atoms with Crippen LogP contribution in [0.2, 0.25) is 0 Å². The van der Waals surface area contributed by atoms with Crippen molar-refractivity contribution < 1.29 is 34.1 Å². The van der Waals surface area contributed by atoms with E-state index in [0.29, 0.717) is 17.4 Å². The lowest BCUT2D eigenvalue weighted by Gasteiger charge is -2.10. The number of nitro benzene ring substituents is 1. The molecule has 0 heterocycles. The van der Waals surface area contributed by atoms with E-state index in [1.165, 1.54) is 18.2 Å². The lowest BCUT2D eigenvalue weighted by molar-refractivity contribution is -0.385. The largest absolute Gasteiger partial charge is 0.508 e. The van der Waals surface area contributed by atoms with E-state index in [0.717, 1.165) is 12.1 Å². The number of aromatic hydroxyl groups is 1. The van der Waals surface area contributed by atoms with Gasteiger partial charge in [-0.25, -0.2) is 4.79 Å². The first-order valence-corrected chi connectivity index (χ1v) is 9.02. The molecular formula is C22H17NO8. The van der Waals surface area contributed by atoms with E-state index < -0.39 is 10.9 Å². The molecule has 31 heavy (non-hydrogen) atoms. The monoisotopic (exact) mass is 423 g/mol. The second kappa shape index (κ2) is 9.51. The third-order valence-corrected chi connectivity index (χ3v) is 4.32. The summed E-state index contributed by atoms with van der Waals surface area (Å²) in [5.41, 5.74) is 0.735. The number of rotatable bonds is 8. The Morgan fingerprint density at radius 3 is 2.55 bits per heavy atom. The Balaban J connectivity index is 1.70. The number of nitro groups is 1. The highest BCUT2D eigenvalue weighted by Gasteiger charge is 2.18. The summed E-state index contributed by atoms with van der Waals surface area (Å²) in [6.45, 7) is 1.64. The maximum Gasteiger partial charge on any atom is 0.343 e. The highest BCUT2D eigenvalue weighted by molar-refractivity contribution is 5.93. The van der Waals surface area contributed by atoms with Crippen molar-refractivity contribution in [3.8, 4) is 17.2 Å². The molecule has 158 valence electrons. The van der Waals surface area contributed by atoms with E-state index >= 15 is 0 Å². The zero-order chi connectivity index (χ0) is 22.4. The molecule has 9 nitrogen and oxygen atoms in total. The Morgan fingerprint density at radius 2 is 1.84 bits per heavy atom. The van der Waals surface area contributed by atoms with Gasteiger partial charge in [-0.15, -0.1) is 0 Å². The lowest BCUT2D eigenvalue weighted by atomic mass is 10.1. The third kappa shape index (κ3) is 5.22. The van der Waals surface area contributed by atoms with Crippen LogP contribution in [0.1, 0.15) is 31.8 Å². The summed E-state index contributed by atoms with van der Waals surface area (Å²) in [6, 6.07) is 14.6. The van der Waals surface area contributed by atoms with Crippen molar-refractivity contribution in [3.63, 3.8) is 0 Å². The summed E-state index contributed by atoms with van der Waals surface area (Å²) in [5.74, 6) is -0.406. The van der Waals surface area contributed by atoms with E-state index in [9.17, 15) is 24.8 Å². The molecule has 0 aliphatic carbocycles. The Labute approximate surface area is 176 Å². The van der Waals surface area contributed by atoms with E-state index in [1.807, 2.05) is 0 Å². The smallest absolute Gasteiger partial charge is 0.343 e. The number of esters is 1. The molecule has 0 radical (unpaired) electrons. The van der Waals surface area contributed by atoms with Crippen LogP contribution >= 0.6 is 0 Å². The number of hydrogen-bond acceptors (Lipinski definition) is 8. The molecule has 3 rings (SSSR count). The van der Waals surface area contributed by atoms with Crippen molar-refractivity contribution in [1.29, 1.82) is 0 Å². The van der Waals surface area contributed by atoms with Gasteiger partial charge in [-0.2, -0.15) is 4.89 Å². The number of carbonyl (C=O) groups is 2. The van der Waals surface area contributed by atoms with Crippen LogP contribution in [0.15, 0.2) is 60.7 Å². The molecule has 0 saturated heterocycles. The molecular weight excluding hydrogens is 406 g/mol. The first kappa shape index (κ1) is 21.5. The SMILES string of the molecule is Cc1ccc(OOCc2ccccc2C(=O)Oc2ccc([N+](=O)[O-])c(C=O)c2)cc1O. The van der Waals surface area contributed by atoms with E-state index in [2.05, 4.69) is 0 Å². The molecule has 0 saturated carbocycles. The summed E-state index contributed by atoms with van der Waals surface area (Å²) >= 11 is 0. The van der Waals surface area contributed by atoms with Gasteiger partial charge in [0, 0.05) is 12.1 Å². The van der Waals surface area contributed by atoms with Crippen LogP contribution in [-0.4, -0.2) is 22.3 Å². The average Bonchev–Trinajstić information content (AvgIpc) is 2.76. The summed E-state index contributed by atoms with van der Waals surface area (Å²) < 4.78 is 5.26. The fourth-order valence-electron chi connectivity index (χ4n) is 2.67. The first-order chi connectivity index (χ1) is 14.9. The van der Waals surface area contributed by atoms with Gasteiger partial charge in [0.1, 0.15) is 18.1 Å². The number of phenols is 1. The number of benzene rings is 3. The van der Waals surface area contributed by atoms with Gasteiger partial charge < -0.3 is 14.7 Å². The number of hydrogen-bond donors (Lipinski definition) is 1. The van der Waals surface area contributed by atoms with Gasteiger partial charge in [0.15, 0.2) is 12.0 Å². The number of ether oxygens (including phenoxy) is 1. The van der Waals surface area contributed by atoms with Crippen LogP contribution in [-0.2, 0) is 11.5 Å². The van der Waals surface area contributed by atoms with Gasteiger partial charge in [-0.1, -0.05) is 24.3 Å². The van der Waals surface area contributed by atoms with Crippen molar-refractivity contribution in [3.05, 3.63) is 93.0 Å². The van der Waals surface area contributed by atoms with Gasteiger partial charge in [-0.3, -0.25) is 14.9 Å². The van der Waals surface area contributed by atoms with Crippen LogP contribution in [0, 0.1) is 17.0 Å². The quantitative estimate of drug-likeness (QED) is 0.143. The predicted octanol–water partition coefficient (Wildman–Crippen LogP) is 4.15. The second-order valence-electron chi connectivity index (χ2n) is 6.44. The zero-order valence-corrected chi connectivity index (χ0v) is 16.3. The van der Waals surface area contributed by atoms with Crippen molar-refractivity contribution >= 4 is 17.9 Å². The minimum absolute atomic E-state index is 0.0141. The van der Waals surface area contributed by atoms with Gasteiger partial charge in [0.2, 0.25) is 0 Å². The summed E-state index contributed by atoms with van der Waals surface area (Å²) in [7, 11) is 0. The molecule has 9 heteroatoms. The molecule has 0 aliphatic rings. The topological polar surface area (TPSA) is 125 Å². The number of phenolic OH excluding ortho intramolecular Hbond substituents is 1. The zero-order valence-electron chi connectivity index (χ0n) is 16.3. The van der Waals surface area contributed by atoms with Crippen LogP contribution < -0.4 is 9.62 Å². The average molecular weight is 423 g/mol. The predicted molar refractivity (Wildman–Crippen MR) is 108 cm³/mol. The molecule has 1 N–H and O–H groups in total. The molecule has 0 aromatic heterocycles. The van der Waals surface area contributed by atoms with Crippen LogP contribution in [0.3, 0.4) is 0 Å². The standard InChI is InChI=1S/C22H17NO8/c1-14-6-7-18(11-21(14)25)31-29-13-15-4-2-3-5-19(15)22(26)30-17-8-9-20(23(27)28)16(10-17)12-24/h2-12,25H,13H2,1H3. The van der Waals surface area contributed by atoms with Crippen LogP contribution in [0.4, 0.5) is 5.69 Å². The Kier molecular flexibility index (Phi) is 6.58. The van der Waals surface area contributed by atoms with Gasteiger partial charge in [0.25, 0.3) is 5.69 Å². The van der Waals surface area contributed by atoms with Crippen molar-refractivity contribution in [1.82, 2.24) is 0 Å². The summed E-state index contributed by atoms with van der Waals surface area (Å²) in [5, 5.41) is 20.6. The lowest BCUT2D eigenvalue weighted by Crippen LogP contribution is -2.12. The van der Waals surface area contributed by atoms with Gasteiger partial charge in [0.05, 0.1) is 16.1 Å². The van der Waals surface area contributed by atoms with E-state index in [1.54, 1.807) is 37.3 Å². The van der Waals surface area contributed by atoms with Crippen molar-refractivity contribution in [2.75, 3.05) is 0 Å².